The van der Waals surface area contributed by atoms with E-state index in [1.54, 1.807) is 22.2 Å². The number of carbonyl (C=O) groups excluding carboxylic acids is 2. The minimum atomic E-state index is -0.0642. The highest BCUT2D eigenvalue weighted by Crippen LogP contribution is 2.17. The lowest BCUT2D eigenvalue weighted by Crippen LogP contribution is -2.51. The second-order valence-electron chi connectivity index (χ2n) is 6.28. The van der Waals surface area contributed by atoms with E-state index in [1.165, 1.54) is 0 Å². The third-order valence-electron chi connectivity index (χ3n) is 4.67. The van der Waals surface area contributed by atoms with Gasteiger partial charge in [0.25, 0.3) is 11.8 Å². The third kappa shape index (κ3) is 3.09. The van der Waals surface area contributed by atoms with Gasteiger partial charge in [0.05, 0.1) is 24.0 Å². The van der Waals surface area contributed by atoms with Crippen molar-refractivity contribution < 1.29 is 14.3 Å². The fourth-order valence-corrected chi connectivity index (χ4v) is 3.23. The molecule has 7 heteroatoms. The van der Waals surface area contributed by atoms with Crippen LogP contribution in [0.5, 0.6) is 0 Å². The van der Waals surface area contributed by atoms with Crippen LogP contribution in [0.25, 0.3) is 11.0 Å². The molecule has 2 aliphatic rings. The molecule has 7 nitrogen and oxygen atoms in total. The number of aromatic nitrogens is 2. The standard InChI is InChI=1S/C18H20N4O3/c23-17(13-4-5-14-15(11-13)20-12-19-14)21-6-8-22(9-7-21)18(24)16-3-1-2-10-25-16/h3-5,11-12H,1-2,6-10H2,(H,19,20). The van der Waals surface area contributed by atoms with Crippen LogP contribution in [-0.2, 0) is 9.53 Å². The van der Waals surface area contributed by atoms with E-state index < -0.39 is 0 Å². The summed E-state index contributed by atoms with van der Waals surface area (Å²) in [6, 6.07) is 5.46. The molecule has 0 unspecified atom stereocenters. The molecule has 0 aliphatic carbocycles. The minimum Gasteiger partial charge on any atom is -0.488 e. The molecule has 1 fully saturated rings. The highest BCUT2D eigenvalue weighted by molar-refractivity contribution is 5.97. The molecule has 1 saturated heterocycles. The Labute approximate surface area is 145 Å². The number of benzene rings is 1. The second-order valence-corrected chi connectivity index (χ2v) is 6.28. The number of nitrogens with one attached hydrogen (secondary N) is 1. The molecule has 0 atom stereocenters. The van der Waals surface area contributed by atoms with Crippen molar-refractivity contribution in [3.8, 4) is 0 Å². The molecule has 3 heterocycles. The molecule has 0 spiro atoms. The van der Waals surface area contributed by atoms with E-state index in [4.69, 9.17) is 4.74 Å². The maximum Gasteiger partial charge on any atom is 0.288 e. The van der Waals surface area contributed by atoms with Crippen LogP contribution >= 0.6 is 0 Å². The van der Waals surface area contributed by atoms with Crippen molar-refractivity contribution in [1.82, 2.24) is 19.8 Å². The third-order valence-corrected chi connectivity index (χ3v) is 4.67. The summed E-state index contributed by atoms with van der Waals surface area (Å²) >= 11 is 0. The van der Waals surface area contributed by atoms with Gasteiger partial charge >= 0.3 is 0 Å². The Morgan fingerprint density at radius 1 is 1.08 bits per heavy atom. The number of carbonyl (C=O) groups is 2. The van der Waals surface area contributed by atoms with Gasteiger partial charge < -0.3 is 19.5 Å². The Morgan fingerprint density at radius 3 is 2.56 bits per heavy atom. The van der Waals surface area contributed by atoms with Gasteiger partial charge in [-0.2, -0.15) is 0 Å². The van der Waals surface area contributed by atoms with E-state index in [0.717, 1.165) is 23.9 Å². The summed E-state index contributed by atoms with van der Waals surface area (Å²) in [7, 11) is 0. The molecule has 0 radical (unpaired) electrons. The molecular weight excluding hydrogens is 320 g/mol. The lowest BCUT2D eigenvalue weighted by molar-refractivity contribution is -0.132. The van der Waals surface area contributed by atoms with Crippen molar-refractivity contribution in [3.63, 3.8) is 0 Å². The van der Waals surface area contributed by atoms with Crippen LogP contribution in [0.4, 0.5) is 0 Å². The molecule has 25 heavy (non-hydrogen) atoms. The Morgan fingerprint density at radius 2 is 1.84 bits per heavy atom. The molecule has 2 aliphatic heterocycles. The maximum atomic E-state index is 12.7. The first-order valence-corrected chi connectivity index (χ1v) is 8.57. The molecule has 2 amide bonds. The summed E-state index contributed by atoms with van der Waals surface area (Å²) in [4.78, 5) is 35.9. The number of fused-ring (bicyclic) bond motifs is 1. The lowest BCUT2D eigenvalue weighted by atomic mass is 10.1. The predicted molar refractivity (Wildman–Crippen MR) is 91.8 cm³/mol. The lowest BCUT2D eigenvalue weighted by Gasteiger charge is -2.35. The summed E-state index contributed by atoms with van der Waals surface area (Å²) in [5.74, 6) is 0.373. The normalized spacial score (nSPS) is 18.0. The number of amides is 2. The highest BCUT2D eigenvalue weighted by Gasteiger charge is 2.27. The van der Waals surface area contributed by atoms with Crippen LogP contribution in [-0.4, -0.2) is 64.4 Å². The summed E-state index contributed by atoms with van der Waals surface area (Å²) in [6.45, 7) is 2.71. The van der Waals surface area contributed by atoms with Crippen molar-refractivity contribution in [2.75, 3.05) is 32.8 Å². The van der Waals surface area contributed by atoms with Gasteiger partial charge in [-0.3, -0.25) is 9.59 Å². The summed E-state index contributed by atoms with van der Waals surface area (Å²) in [6.07, 6.45) is 5.32. The Bertz CT molecular complexity index is 834. The average molecular weight is 340 g/mol. The quantitative estimate of drug-likeness (QED) is 0.899. The number of ether oxygens (including phenoxy) is 1. The molecule has 130 valence electrons. The molecule has 1 N–H and O–H groups in total. The second kappa shape index (κ2) is 6.58. The molecular formula is C18H20N4O3. The maximum absolute atomic E-state index is 12.7. The monoisotopic (exact) mass is 340 g/mol. The van der Waals surface area contributed by atoms with Gasteiger partial charge in [-0.25, -0.2) is 4.98 Å². The van der Waals surface area contributed by atoms with Crippen molar-refractivity contribution in [3.05, 3.63) is 41.9 Å². The number of hydrogen-bond acceptors (Lipinski definition) is 4. The van der Waals surface area contributed by atoms with Gasteiger partial charge in [0.15, 0.2) is 5.76 Å². The van der Waals surface area contributed by atoms with E-state index in [-0.39, 0.29) is 11.8 Å². The molecule has 0 saturated carbocycles. The summed E-state index contributed by atoms with van der Waals surface area (Å²) in [5, 5.41) is 0. The zero-order valence-electron chi connectivity index (χ0n) is 13.9. The van der Waals surface area contributed by atoms with Gasteiger partial charge in [-0.1, -0.05) is 0 Å². The van der Waals surface area contributed by atoms with Crippen LogP contribution in [0.3, 0.4) is 0 Å². The van der Waals surface area contributed by atoms with Crippen molar-refractivity contribution in [2.24, 2.45) is 0 Å². The number of nitrogens with zero attached hydrogens (tertiary/aromatic N) is 3. The van der Waals surface area contributed by atoms with Crippen LogP contribution in [0, 0.1) is 0 Å². The van der Waals surface area contributed by atoms with E-state index in [1.807, 2.05) is 18.2 Å². The first-order chi connectivity index (χ1) is 12.2. The van der Waals surface area contributed by atoms with E-state index in [9.17, 15) is 9.59 Å². The fourth-order valence-electron chi connectivity index (χ4n) is 3.23. The number of piperazine rings is 1. The van der Waals surface area contributed by atoms with E-state index in [0.29, 0.717) is 44.1 Å². The van der Waals surface area contributed by atoms with Crippen molar-refractivity contribution >= 4 is 22.8 Å². The predicted octanol–water partition coefficient (Wildman–Crippen LogP) is 1.54. The van der Waals surface area contributed by atoms with E-state index >= 15 is 0 Å². The number of hydrogen-bond donors (Lipinski definition) is 1. The van der Waals surface area contributed by atoms with Crippen LogP contribution in [0.1, 0.15) is 23.2 Å². The Balaban J connectivity index is 1.40. The smallest absolute Gasteiger partial charge is 0.288 e. The van der Waals surface area contributed by atoms with Gasteiger partial charge in [-0.05, 0) is 37.1 Å². The highest BCUT2D eigenvalue weighted by atomic mass is 16.5. The first-order valence-electron chi connectivity index (χ1n) is 8.57. The zero-order valence-corrected chi connectivity index (χ0v) is 13.9. The molecule has 4 rings (SSSR count). The molecule has 1 aromatic carbocycles. The molecule has 0 bridgehead atoms. The first kappa shape index (κ1) is 15.7. The van der Waals surface area contributed by atoms with Gasteiger partial charge in [0.1, 0.15) is 0 Å². The fraction of sp³-hybridized carbons (Fsp3) is 0.389. The number of aromatic amines is 1. The Kier molecular flexibility index (Phi) is 4.13. The number of rotatable bonds is 2. The van der Waals surface area contributed by atoms with Crippen molar-refractivity contribution in [1.29, 1.82) is 0 Å². The summed E-state index contributed by atoms with van der Waals surface area (Å²) < 4.78 is 5.45. The number of imidazole rings is 1. The van der Waals surface area contributed by atoms with Crippen LogP contribution in [0.15, 0.2) is 36.4 Å². The van der Waals surface area contributed by atoms with Crippen molar-refractivity contribution in [2.45, 2.75) is 12.8 Å². The van der Waals surface area contributed by atoms with Crippen LogP contribution in [0.2, 0.25) is 0 Å². The van der Waals surface area contributed by atoms with Gasteiger partial charge in [-0.15, -0.1) is 0 Å². The number of H-pyrrole nitrogens is 1. The topological polar surface area (TPSA) is 78.5 Å². The zero-order chi connectivity index (χ0) is 17.2. The number of allylic oxidation sites excluding steroid dienone is 1. The molecule has 1 aromatic heterocycles. The minimum absolute atomic E-state index is 0.0169. The SMILES string of the molecule is O=C(C1=CCCCO1)N1CCN(C(=O)c2ccc3nc[nH]c3c2)CC1. The summed E-state index contributed by atoms with van der Waals surface area (Å²) in [5.41, 5.74) is 2.32. The van der Waals surface area contributed by atoms with E-state index in [2.05, 4.69) is 9.97 Å². The van der Waals surface area contributed by atoms with Crippen LogP contribution < -0.4 is 0 Å². The average Bonchev–Trinajstić information content (AvgIpc) is 3.15. The molecule has 2 aromatic rings. The Hall–Kier alpha value is -2.83. The van der Waals surface area contributed by atoms with Gasteiger partial charge in [0, 0.05) is 31.7 Å². The largest absolute Gasteiger partial charge is 0.488 e. The van der Waals surface area contributed by atoms with Gasteiger partial charge in [0.2, 0.25) is 0 Å².